The van der Waals surface area contributed by atoms with Gasteiger partial charge in [-0.15, -0.1) is 0 Å². The summed E-state index contributed by atoms with van der Waals surface area (Å²) in [4.78, 5) is 12.1. The third kappa shape index (κ3) is 16.4. The number of aliphatic hydroxyl groups is 8. The van der Waals surface area contributed by atoms with Crippen LogP contribution < -0.4 is 21.5 Å². The Labute approximate surface area is 478 Å². The average Bonchev–Trinajstić information content (AvgIpc) is 2.49. The number of phenolic OH excluding ortho intramolecular Hbond substituents is 1. The number of benzene rings is 1. The lowest BCUT2D eigenvalue weighted by molar-refractivity contribution is -0.374. The van der Waals surface area contributed by atoms with E-state index in [0.717, 1.165) is 12.1 Å². The van der Waals surface area contributed by atoms with E-state index in [4.69, 9.17) is 77.0 Å². The molecule has 0 aliphatic carbocycles. The Hall–Kier alpha value is -3.03. The molecule has 1 aromatic rings. The molecule has 6 fully saturated rings. The second kappa shape index (κ2) is 26.7. The number of nitrogens with two attached hydrogens (primary N) is 2. The van der Waals surface area contributed by atoms with Crippen molar-refractivity contribution >= 4 is 32.5 Å². The zero-order valence-electron chi connectivity index (χ0n) is 46.5. The molecule has 6 aliphatic heterocycles. The molecule has 34 heteroatoms. The minimum absolute atomic E-state index is 0.0787. The molecule has 6 heterocycles. The van der Waals surface area contributed by atoms with Crippen molar-refractivity contribution < 1.29 is 138 Å². The molecular formula is C49H79N3O29S2. The number of carbonyl (C=O) groups excluding carboxylic acids is 1. The maximum absolute atomic E-state index is 12.1. The third-order valence-electron chi connectivity index (χ3n) is 15.2. The van der Waals surface area contributed by atoms with Crippen LogP contribution in [0.4, 0.5) is 0 Å². The van der Waals surface area contributed by atoms with Gasteiger partial charge in [0.05, 0.1) is 42.4 Å². The monoisotopic (exact) mass is 1240 g/mol. The zero-order valence-corrected chi connectivity index (χ0v) is 48.1. The number of ether oxygens (including phenoxy) is 12. The molecule has 83 heavy (non-hydrogen) atoms. The molecule has 476 valence electrons. The molecule has 16 N–H and O–H groups in total. The maximum atomic E-state index is 12.1. The van der Waals surface area contributed by atoms with Crippen molar-refractivity contribution in [3.05, 3.63) is 29.8 Å². The SMILES string of the molecule is CC1OC(OC2C(O)C(C)OC(OC3C(C)OC(OC4C(C)OC(OC5C(C)OC(OC6C(C)OC(Oc7ccc(C=CC(=O)NCCS(=O)(=O)O)cc7O)C(OS(=O)(=O)O)C6O)CC5(C)N)C(O)C4O)CC3(C)N)C2O)C(O)C(O)C1O. The van der Waals surface area contributed by atoms with Crippen LogP contribution in [0.25, 0.3) is 6.08 Å². The van der Waals surface area contributed by atoms with Crippen LogP contribution in [0.3, 0.4) is 0 Å². The van der Waals surface area contributed by atoms with E-state index in [1.807, 2.05) is 0 Å². The summed E-state index contributed by atoms with van der Waals surface area (Å²) < 4.78 is 141. The van der Waals surface area contributed by atoms with Gasteiger partial charge in [-0.05, 0) is 79.2 Å². The summed E-state index contributed by atoms with van der Waals surface area (Å²) in [6.07, 6.45) is -34.3. The third-order valence-corrected chi connectivity index (χ3v) is 16.4. The van der Waals surface area contributed by atoms with Crippen molar-refractivity contribution in [2.24, 2.45) is 11.5 Å². The van der Waals surface area contributed by atoms with Gasteiger partial charge in [-0.3, -0.25) is 13.9 Å². The highest BCUT2D eigenvalue weighted by atomic mass is 32.3. The number of aliphatic hydroxyl groups excluding tert-OH is 8. The maximum Gasteiger partial charge on any atom is 0.397 e. The van der Waals surface area contributed by atoms with Gasteiger partial charge < -0.3 is 120 Å². The number of hydrogen-bond donors (Lipinski definition) is 14. The summed E-state index contributed by atoms with van der Waals surface area (Å²) in [7, 11) is -9.62. The first kappa shape index (κ1) is 67.5. The Morgan fingerprint density at radius 2 is 1.07 bits per heavy atom. The summed E-state index contributed by atoms with van der Waals surface area (Å²) in [5.74, 6) is -2.31. The number of rotatable bonds is 19. The summed E-state index contributed by atoms with van der Waals surface area (Å²) >= 11 is 0. The number of hydrogen-bond acceptors (Lipinski definition) is 29. The van der Waals surface area contributed by atoms with Gasteiger partial charge in [-0.1, -0.05) is 6.07 Å². The van der Waals surface area contributed by atoms with E-state index in [-0.39, 0.29) is 30.7 Å². The first-order valence-corrected chi connectivity index (χ1v) is 29.7. The van der Waals surface area contributed by atoms with E-state index in [1.165, 1.54) is 39.0 Å². The van der Waals surface area contributed by atoms with Crippen LogP contribution in [0.1, 0.15) is 73.8 Å². The fourth-order valence-corrected chi connectivity index (χ4v) is 11.7. The zero-order chi connectivity index (χ0) is 61.6. The topological polar surface area (TPSA) is 492 Å². The smallest absolute Gasteiger partial charge is 0.397 e. The van der Waals surface area contributed by atoms with Crippen LogP contribution >= 0.6 is 0 Å². The van der Waals surface area contributed by atoms with Gasteiger partial charge in [0.25, 0.3) is 10.1 Å². The summed E-state index contributed by atoms with van der Waals surface area (Å²) in [5.41, 5.74) is 11.2. The molecule has 32 nitrogen and oxygen atoms in total. The highest BCUT2D eigenvalue weighted by molar-refractivity contribution is 7.85. The van der Waals surface area contributed by atoms with Gasteiger partial charge in [0.15, 0.2) is 49.1 Å². The van der Waals surface area contributed by atoms with E-state index >= 15 is 0 Å². The Morgan fingerprint density at radius 1 is 0.590 bits per heavy atom. The summed E-state index contributed by atoms with van der Waals surface area (Å²) in [6.45, 7) is 11.9. The second-order valence-electron chi connectivity index (χ2n) is 22.4. The molecule has 28 unspecified atom stereocenters. The minimum atomic E-state index is -5.31. The van der Waals surface area contributed by atoms with E-state index < -0.39 is 209 Å². The van der Waals surface area contributed by atoms with Gasteiger partial charge in [0.2, 0.25) is 12.2 Å². The molecule has 7 rings (SSSR count). The Bertz CT molecular complexity index is 2610. The normalized spacial score (nSPS) is 45.7. The Kier molecular flexibility index (Phi) is 21.7. The van der Waals surface area contributed by atoms with Crippen molar-refractivity contribution in [3.63, 3.8) is 0 Å². The molecule has 0 radical (unpaired) electrons. The first-order valence-electron chi connectivity index (χ1n) is 26.7. The lowest BCUT2D eigenvalue weighted by Gasteiger charge is -2.51. The van der Waals surface area contributed by atoms with Crippen molar-refractivity contribution in [2.75, 3.05) is 12.3 Å². The van der Waals surface area contributed by atoms with Gasteiger partial charge in [0, 0.05) is 36.5 Å². The number of nitrogens with one attached hydrogen (secondary N) is 1. The minimum Gasteiger partial charge on any atom is -0.504 e. The van der Waals surface area contributed by atoms with Crippen LogP contribution in [-0.4, -0.2) is 261 Å². The van der Waals surface area contributed by atoms with E-state index in [0.29, 0.717) is 0 Å². The molecule has 6 saturated heterocycles. The highest BCUT2D eigenvalue weighted by Gasteiger charge is 2.56. The van der Waals surface area contributed by atoms with Crippen molar-refractivity contribution in [3.8, 4) is 11.5 Å². The molecule has 1 amide bonds. The number of carbonyl (C=O) groups is 1. The van der Waals surface area contributed by atoms with Gasteiger partial charge in [-0.2, -0.15) is 16.8 Å². The molecule has 1 aromatic carbocycles. The van der Waals surface area contributed by atoms with Gasteiger partial charge >= 0.3 is 10.4 Å². The second-order valence-corrected chi connectivity index (χ2v) is 25.0. The predicted molar refractivity (Wildman–Crippen MR) is 276 cm³/mol. The van der Waals surface area contributed by atoms with Crippen LogP contribution in [0, 0.1) is 0 Å². The van der Waals surface area contributed by atoms with Gasteiger partial charge in [-0.25, -0.2) is 4.18 Å². The number of amides is 1. The van der Waals surface area contributed by atoms with Crippen LogP contribution in [-0.2, 0) is 81.6 Å². The Balaban J connectivity index is 0.922. The van der Waals surface area contributed by atoms with Crippen molar-refractivity contribution in [2.45, 2.75) is 239 Å². The first-order chi connectivity index (χ1) is 38.4. The van der Waals surface area contributed by atoms with Crippen molar-refractivity contribution in [1.29, 1.82) is 0 Å². The standard InChI is InChI=1S/C49H79N3O29S2/c1-18-30(55)32(57)34(59)44(71-18)78-40-31(56)19(2)72-46(37(40)62)80-43-23(6)69-28(16-49(43,8)51)76-38-20(3)73-45(35(60)33(38)58)79-42-22(5)70-29(17-48(42,7)50)77-39-21(4)74-47(41(36(39)61)81-83(66,67)68)75-26-11-9-24(15-25(26)53)10-12-27(54)52-13-14-82(63,64)65/h9-12,15,18-23,28-47,53,55-62H,13-14,16-17,50-51H2,1-8H3,(H,52,54)(H,63,64,65)(H,66,67,68). The van der Waals surface area contributed by atoms with Crippen LogP contribution in [0.5, 0.6) is 11.5 Å². The molecule has 6 aliphatic rings. The molecule has 0 saturated carbocycles. The fourth-order valence-electron chi connectivity index (χ4n) is 10.8. The van der Waals surface area contributed by atoms with E-state index in [9.17, 15) is 72.1 Å². The number of phenols is 1. The summed E-state index contributed by atoms with van der Waals surface area (Å²) in [6, 6.07) is 3.70. The van der Waals surface area contributed by atoms with E-state index in [1.54, 1.807) is 34.6 Å². The lowest BCUT2D eigenvalue weighted by atomic mass is 9.85. The molecular weight excluding hydrogens is 1160 g/mol. The van der Waals surface area contributed by atoms with Crippen LogP contribution in [0.15, 0.2) is 24.3 Å². The summed E-state index contributed by atoms with van der Waals surface area (Å²) in [5, 5.41) is 101. The molecule has 0 spiro atoms. The van der Waals surface area contributed by atoms with Crippen molar-refractivity contribution in [1.82, 2.24) is 5.32 Å². The predicted octanol–water partition coefficient (Wildman–Crippen LogP) is -4.53. The highest BCUT2D eigenvalue weighted by Crippen LogP contribution is 2.40. The lowest BCUT2D eigenvalue weighted by Crippen LogP contribution is -2.68. The molecule has 0 bridgehead atoms. The largest absolute Gasteiger partial charge is 0.504 e. The van der Waals surface area contributed by atoms with Gasteiger partial charge in [0.1, 0.15) is 79.4 Å². The molecule has 0 aromatic heterocycles. The van der Waals surface area contributed by atoms with E-state index in [2.05, 4.69) is 5.32 Å². The average molecular weight is 1240 g/mol. The Morgan fingerprint density at radius 3 is 1.59 bits per heavy atom. The fraction of sp³-hybridized carbons (Fsp3) is 0.816. The quantitative estimate of drug-likeness (QED) is 0.0458. The van der Waals surface area contributed by atoms with Crippen LogP contribution in [0.2, 0.25) is 0 Å². The number of aromatic hydroxyl groups is 1. The molecule has 28 atom stereocenters.